The van der Waals surface area contributed by atoms with Crippen LogP contribution in [0.1, 0.15) is 42.5 Å². The number of hydrogen-bond donors (Lipinski definition) is 1. The van der Waals surface area contributed by atoms with Gasteiger partial charge in [0.25, 0.3) is 5.69 Å². The molecule has 3 aromatic rings. The van der Waals surface area contributed by atoms with Crippen LogP contribution in [-0.4, -0.2) is 25.9 Å². The van der Waals surface area contributed by atoms with E-state index in [0.29, 0.717) is 0 Å². The zero-order valence-corrected chi connectivity index (χ0v) is 18.3. The zero-order chi connectivity index (χ0) is 22.0. The van der Waals surface area contributed by atoms with Crippen molar-refractivity contribution in [3.8, 4) is 0 Å². The largest absolute Gasteiger partial charge is 0.310 e. The summed E-state index contributed by atoms with van der Waals surface area (Å²) in [5.41, 5.74) is 3.56. The summed E-state index contributed by atoms with van der Waals surface area (Å²) >= 11 is 1.37. The van der Waals surface area contributed by atoms with Gasteiger partial charge in [0.1, 0.15) is 5.82 Å². The molecular weight excluding hydrogens is 412 g/mol. The molecule has 31 heavy (non-hydrogen) atoms. The molecule has 160 valence electrons. The van der Waals surface area contributed by atoms with E-state index in [-0.39, 0.29) is 22.9 Å². The van der Waals surface area contributed by atoms with E-state index in [9.17, 15) is 14.9 Å². The quantitative estimate of drug-likeness (QED) is 0.328. The Balaban J connectivity index is 1.50. The average molecular weight is 437 g/mol. The topological polar surface area (TPSA) is 90.1 Å². The summed E-state index contributed by atoms with van der Waals surface area (Å²) in [6.07, 6.45) is 4.92. The molecule has 1 aromatic heterocycles. The van der Waals surface area contributed by atoms with Gasteiger partial charge in [-0.05, 0) is 56.4 Å². The number of amides is 1. The summed E-state index contributed by atoms with van der Waals surface area (Å²) in [6.45, 7) is 3.77. The minimum absolute atomic E-state index is 0.0359. The molecular formula is C23H24N4O3S. The van der Waals surface area contributed by atoms with Gasteiger partial charge in [0.2, 0.25) is 5.91 Å². The Morgan fingerprint density at radius 3 is 2.74 bits per heavy atom. The summed E-state index contributed by atoms with van der Waals surface area (Å²) in [5.74, 6) is 0.597. The van der Waals surface area contributed by atoms with Crippen molar-refractivity contribution < 1.29 is 9.72 Å². The predicted octanol–water partition coefficient (Wildman–Crippen LogP) is 5.14. The Morgan fingerprint density at radius 1 is 1.26 bits per heavy atom. The van der Waals surface area contributed by atoms with E-state index in [1.807, 2.05) is 18.5 Å². The van der Waals surface area contributed by atoms with E-state index in [1.165, 1.54) is 35.0 Å². The molecule has 0 aliphatic heterocycles. The molecule has 8 heteroatoms. The molecule has 1 amide bonds. The molecule has 1 heterocycles. The number of non-ortho nitro benzene ring substituents is 1. The highest BCUT2D eigenvalue weighted by Crippen LogP contribution is 2.35. The number of hydrogen-bond acceptors (Lipinski definition) is 5. The van der Waals surface area contributed by atoms with Gasteiger partial charge in [0, 0.05) is 22.6 Å². The number of nitrogens with one attached hydrogen (secondary N) is 1. The maximum atomic E-state index is 12.9. The highest BCUT2D eigenvalue weighted by atomic mass is 32.2. The lowest BCUT2D eigenvalue weighted by Gasteiger charge is -2.27. The molecule has 0 bridgehead atoms. The lowest BCUT2D eigenvalue weighted by Crippen LogP contribution is -2.27. The van der Waals surface area contributed by atoms with Crippen molar-refractivity contribution in [1.29, 1.82) is 0 Å². The Bertz CT molecular complexity index is 1110. The predicted molar refractivity (Wildman–Crippen MR) is 122 cm³/mol. The summed E-state index contributed by atoms with van der Waals surface area (Å²) in [4.78, 5) is 24.1. The van der Waals surface area contributed by atoms with Gasteiger partial charge in [-0.25, -0.2) is 4.68 Å². The highest BCUT2D eigenvalue weighted by molar-refractivity contribution is 8.00. The Labute approximate surface area is 185 Å². The Hall–Kier alpha value is -3.13. The van der Waals surface area contributed by atoms with Crippen LogP contribution in [-0.2, 0) is 11.2 Å². The number of carbonyl (C=O) groups is 1. The molecule has 4 rings (SSSR count). The molecule has 1 aliphatic rings. The number of nitrogens with zero attached hydrogens (tertiary/aromatic N) is 3. The molecule has 0 saturated carbocycles. The number of nitro benzene ring substituents is 1. The van der Waals surface area contributed by atoms with Crippen molar-refractivity contribution in [3.63, 3.8) is 0 Å². The molecule has 1 N–H and O–H groups in total. The molecule has 0 fully saturated rings. The second kappa shape index (κ2) is 8.93. The third-order valence-corrected chi connectivity index (χ3v) is 6.69. The van der Waals surface area contributed by atoms with Crippen LogP contribution in [0.4, 0.5) is 11.5 Å². The van der Waals surface area contributed by atoms with E-state index < -0.39 is 4.92 Å². The van der Waals surface area contributed by atoms with Crippen molar-refractivity contribution in [2.24, 2.45) is 0 Å². The van der Waals surface area contributed by atoms with Gasteiger partial charge in [-0.2, -0.15) is 5.10 Å². The Kier molecular flexibility index (Phi) is 6.08. The van der Waals surface area contributed by atoms with Crippen LogP contribution in [0.3, 0.4) is 0 Å². The first-order chi connectivity index (χ1) is 14.9. The van der Waals surface area contributed by atoms with Gasteiger partial charge in [0.05, 0.1) is 22.4 Å². The van der Waals surface area contributed by atoms with Gasteiger partial charge in [-0.15, -0.1) is 11.8 Å². The molecule has 2 aromatic carbocycles. The van der Waals surface area contributed by atoms with Gasteiger partial charge >= 0.3 is 0 Å². The molecule has 2 atom stereocenters. The first kappa shape index (κ1) is 21.1. The van der Waals surface area contributed by atoms with Crippen molar-refractivity contribution in [2.75, 3.05) is 5.32 Å². The third-order valence-electron chi connectivity index (χ3n) is 5.58. The lowest BCUT2D eigenvalue weighted by atomic mass is 9.88. The standard InChI is InChI=1S/C23H24N4O3S/c1-15-14-24-26(21-9-5-7-17-6-3-4-8-20(17)21)22(15)25-23(28)16(2)31-19-12-10-18(11-13-19)27(29)30/h3-4,6,8,10-14,16,21H,5,7,9H2,1-2H3,(H,25,28)/t16-,21+/m1/s1. The number of aryl methyl sites for hydroxylation is 2. The monoisotopic (exact) mass is 436 g/mol. The number of rotatable bonds is 6. The van der Waals surface area contributed by atoms with Crippen LogP contribution in [0.15, 0.2) is 59.6 Å². The van der Waals surface area contributed by atoms with Gasteiger partial charge < -0.3 is 5.32 Å². The fraction of sp³-hybridized carbons (Fsp3) is 0.304. The number of thioether (sulfide) groups is 1. The van der Waals surface area contributed by atoms with Crippen LogP contribution in [0.5, 0.6) is 0 Å². The Morgan fingerprint density at radius 2 is 2.00 bits per heavy atom. The molecule has 0 saturated heterocycles. The van der Waals surface area contributed by atoms with Crippen LogP contribution < -0.4 is 5.32 Å². The van der Waals surface area contributed by atoms with E-state index in [4.69, 9.17) is 0 Å². The van der Waals surface area contributed by atoms with Crippen molar-refractivity contribution in [3.05, 3.63) is 81.5 Å². The summed E-state index contributed by atoms with van der Waals surface area (Å²) in [7, 11) is 0. The molecule has 0 radical (unpaired) electrons. The van der Waals surface area contributed by atoms with Gasteiger partial charge in [-0.3, -0.25) is 14.9 Å². The zero-order valence-electron chi connectivity index (χ0n) is 17.4. The minimum Gasteiger partial charge on any atom is -0.310 e. The summed E-state index contributed by atoms with van der Waals surface area (Å²) < 4.78 is 1.94. The number of nitro groups is 1. The van der Waals surface area contributed by atoms with E-state index in [1.54, 1.807) is 18.3 Å². The first-order valence-corrected chi connectivity index (χ1v) is 11.2. The van der Waals surface area contributed by atoms with Crippen molar-refractivity contribution in [1.82, 2.24) is 9.78 Å². The normalized spacial score (nSPS) is 16.4. The van der Waals surface area contributed by atoms with E-state index >= 15 is 0 Å². The van der Waals surface area contributed by atoms with E-state index in [0.717, 1.165) is 35.5 Å². The maximum Gasteiger partial charge on any atom is 0.269 e. The maximum absolute atomic E-state index is 12.9. The van der Waals surface area contributed by atoms with Crippen molar-refractivity contribution in [2.45, 2.75) is 49.3 Å². The second-order valence-electron chi connectivity index (χ2n) is 7.73. The van der Waals surface area contributed by atoms with E-state index in [2.05, 4.69) is 34.7 Å². The number of fused-ring (bicyclic) bond motifs is 1. The molecule has 0 spiro atoms. The van der Waals surface area contributed by atoms with Gasteiger partial charge in [-0.1, -0.05) is 24.3 Å². The number of benzene rings is 2. The summed E-state index contributed by atoms with van der Waals surface area (Å²) in [5, 5.41) is 18.1. The van der Waals surface area contributed by atoms with Crippen LogP contribution in [0.25, 0.3) is 0 Å². The minimum atomic E-state index is -0.433. The van der Waals surface area contributed by atoms with Crippen LogP contribution in [0, 0.1) is 17.0 Å². The number of aromatic nitrogens is 2. The second-order valence-corrected chi connectivity index (χ2v) is 9.14. The molecule has 1 aliphatic carbocycles. The fourth-order valence-corrected chi connectivity index (χ4v) is 4.81. The van der Waals surface area contributed by atoms with Crippen molar-refractivity contribution >= 4 is 29.2 Å². The summed E-state index contributed by atoms with van der Waals surface area (Å²) in [6, 6.07) is 14.8. The average Bonchev–Trinajstić information content (AvgIpc) is 3.13. The smallest absolute Gasteiger partial charge is 0.269 e. The first-order valence-electron chi connectivity index (χ1n) is 10.3. The number of carbonyl (C=O) groups excluding carboxylic acids is 1. The highest BCUT2D eigenvalue weighted by Gasteiger charge is 2.26. The SMILES string of the molecule is Cc1cnn([C@H]2CCCc3ccccc32)c1NC(=O)[C@@H](C)Sc1ccc([N+](=O)[O-])cc1. The molecule has 7 nitrogen and oxygen atoms in total. The van der Waals surface area contributed by atoms with Gasteiger partial charge in [0.15, 0.2) is 0 Å². The number of anilines is 1. The third kappa shape index (κ3) is 4.49. The van der Waals surface area contributed by atoms with Crippen LogP contribution >= 0.6 is 11.8 Å². The van der Waals surface area contributed by atoms with Crippen LogP contribution in [0.2, 0.25) is 0 Å². The molecule has 0 unspecified atom stereocenters. The lowest BCUT2D eigenvalue weighted by molar-refractivity contribution is -0.384. The fourth-order valence-electron chi connectivity index (χ4n) is 3.95.